The molecule has 0 N–H and O–H groups in total. The van der Waals surface area contributed by atoms with Crippen LogP contribution >= 0.6 is 11.3 Å². The largest absolute Gasteiger partial charge is 0.485 e. The fraction of sp³-hybridized carbons (Fsp3) is 0.130. The zero-order chi connectivity index (χ0) is 20.7. The van der Waals surface area contributed by atoms with E-state index in [-0.39, 0.29) is 17.4 Å². The number of thiazole rings is 1. The number of nitrogens with zero attached hydrogens (tertiary/aromatic N) is 3. The summed E-state index contributed by atoms with van der Waals surface area (Å²) in [5, 5.41) is 4.31. The first kappa shape index (κ1) is 18.4. The molecule has 1 unspecified atom stereocenters. The zero-order valence-electron chi connectivity index (χ0n) is 16.1. The number of ether oxygens (including phenoxy) is 1. The molecule has 5 rings (SSSR count). The van der Waals surface area contributed by atoms with Crippen LogP contribution in [0, 0.1) is 0 Å². The minimum Gasteiger partial charge on any atom is -0.485 e. The minimum absolute atomic E-state index is 0.195. The Balaban J connectivity index is 1.60. The molecule has 0 fully saturated rings. The summed E-state index contributed by atoms with van der Waals surface area (Å²) in [5.41, 5.74) is 2.34. The molecule has 0 amide bonds. The predicted octanol–water partition coefficient (Wildman–Crippen LogP) is 2.47. The van der Waals surface area contributed by atoms with Crippen LogP contribution in [0.1, 0.15) is 23.7 Å². The van der Waals surface area contributed by atoms with Crippen LogP contribution in [0.3, 0.4) is 0 Å². The number of rotatable bonds is 3. The van der Waals surface area contributed by atoms with Crippen LogP contribution in [0.25, 0.3) is 17.1 Å². The van der Waals surface area contributed by atoms with Gasteiger partial charge in [0.2, 0.25) is 4.96 Å². The van der Waals surface area contributed by atoms with Crippen molar-refractivity contribution in [1.29, 1.82) is 0 Å². The SMILES string of the molecule is CC1Oc2ccccc2C=C1/C=c1/sc2nc(=O)c(Cc3ccccc3)nn2c1=O. The van der Waals surface area contributed by atoms with Gasteiger partial charge in [-0.05, 0) is 36.3 Å². The van der Waals surface area contributed by atoms with Gasteiger partial charge >= 0.3 is 0 Å². The predicted molar refractivity (Wildman–Crippen MR) is 117 cm³/mol. The zero-order valence-corrected chi connectivity index (χ0v) is 16.9. The van der Waals surface area contributed by atoms with E-state index in [1.807, 2.05) is 67.6 Å². The van der Waals surface area contributed by atoms with Crippen LogP contribution in [0.5, 0.6) is 5.75 Å². The van der Waals surface area contributed by atoms with Gasteiger partial charge in [0.1, 0.15) is 17.5 Å². The molecule has 6 nitrogen and oxygen atoms in total. The Morgan fingerprint density at radius 2 is 1.87 bits per heavy atom. The van der Waals surface area contributed by atoms with Gasteiger partial charge in [-0.2, -0.15) is 14.6 Å². The van der Waals surface area contributed by atoms with E-state index >= 15 is 0 Å². The summed E-state index contributed by atoms with van der Waals surface area (Å²) in [6.45, 7) is 1.94. The first-order chi connectivity index (χ1) is 14.6. The third-order valence-corrected chi connectivity index (χ3v) is 5.94. The average Bonchev–Trinajstić information content (AvgIpc) is 3.04. The molecule has 3 heterocycles. The van der Waals surface area contributed by atoms with Crippen molar-refractivity contribution >= 4 is 28.4 Å². The monoisotopic (exact) mass is 415 g/mol. The third-order valence-electron chi connectivity index (χ3n) is 4.98. The number of para-hydroxylation sites is 1. The molecule has 0 bridgehead atoms. The Morgan fingerprint density at radius 3 is 2.70 bits per heavy atom. The van der Waals surface area contributed by atoms with Gasteiger partial charge in [-0.3, -0.25) is 9.59 Å². The Labute approximate surface area is 175 Å². The molecule has 148 valence electrons. The van der Waals surface area contributed by atoms with Gasteiger partial charge in [0.15, 0.2) is 0 Å². The molecular formula is C23H17N3O3S. The number of aromatic nitrogens is 3. The summed E-state index contributed by atoms with van der Waals surface area (Å²) in [4.78, 5) is 29.7. The molecule has 0 saturated carbocycles. The quantitative estimate of drug-likeness (QED) is 0.514. The van der Waals surface area contributed by atoms with E-state index in [1.54, 1.807) is 6.08 Å². The van der Waals surface area contributed by atoms with Crippen LogP contribution in [0.15, 0.2) is 69.8 Å². The Bertz CT molecular complexity index is 1450. The summed E-state index contributed by atoms with van der Waals surface area (Å²) >= 11 is 1.15. The smallest absolute Gasteiger partial charge is 0.296 e. The highest BCUT2D eigenvalue weighted by Gasteiger charge is 2.18. The maximum atomic E-state index is 12.9. The molecule has 4 aromatic rings. The van der Waals surface area contributed by atoms with Gasteiger partial charge in [0.05, 0.1) is 4.53 Å². The van der Waals surface area contributed by atoms with Crippen molar-refractivity contribution in [3.63, 3.8) is 0 Å². The number of hydrogen-bond acceptors (Lipinski definition) is 6. The summed E-state index contributed by atoms with van der Waals surface area (Å²) in [7, 11) is 0. The lowest BCUT2D eigenvalue weighted by molar-refractivity contribution is 0.259. The second kappa shape index (κ2) is 7.35. The van der Waals surface area contributed by atoms with E-state index in [2.05, 4.69) is 10.1 Å². The molecule has 7 heteroatoms. The molecule has 1 atom stereocenters. The van der Waals surface area contributed by atoms with Crippen LogP contribution in [0.2, 0.25) is 0 Å². The molecule has 2 aromatic carbocycles. The van der Waals surface area contributed by atoms with Gasteiger partial charge in [0, 0.05) is 12.0 Å². The lowest BCUT2D eigenvalue weighted by atomic mass is 10.0. The van der Waals surface area contributed by atoms with Crippen molar-refractivity contribution in [1.82, 2.24) is 14.6 Å². The summed E-state index contributed by atoms with van der Waals surface area (Å²) in [5.74, 6) is 0.820. The maximum Gasteiger partial charge on any atom is 0.296 e. The van der Waals surface area contributed by atoms with Gasteiger partial charge in [0.25, 0.3) is 11.1 Å². The highest BCUT2D eigenvalue weighted by molar-refractivity contribution is 7.15. The molecule has 0 spiro atoms. The fourth-order valence-electron chi connectivity index (χ4n) is 3.41. The molecule has 0 radical (unpaired) electrons. The van der Waals surface area contributed by atoms with E-state index < -0.39 is 5.56 Å². The lowest BCUT2D eigenvalue weighted by Gasteiger charge is -2.22. The van der Waals surface area contributed by atoms with Crippen LogP contribution in [-0.4, -0.2) is 20.7 Å². The summed E-state index contributed by atoms with van der Waals surface area (Å²) in [6.07, 6.45) is 3.94. The Kier molecular flexibility index (Phi) is 4.52. The van der Waals surface area contributed by atoms with Crippen molar-refractivity contribution < 1.29 is 4.74 Å². The van der Waals surface area contributed by atoms with E-state index in [4.69, 9.17) is 4.74 Å². The van der Waals surface area contributed by atoms with Crippen LogP contribution in [-0.2, 0) is 6.42 Å². The average molecular weight is 415 g/mol. The molecule has 2 aromatic heterocycles. The van der Waals surface area contributed by atoms with Crippen molar-refractivity contribution in [3.05, 3.63) is 102 Å². The second-order valence-corrected chi connectivity index (χ2v) is 8.09. The van der Waals surface area contributed by atoms with E-state index in [0.29, 0.717) is 15.9 Å². The molecule has 0 saturated heterocycles. The van der Waals surface area contributed by atoms with Crippen molar-refractivity contribution in [2.45, 2.75) is 19.4 Å². The number of fused-ring (bicyclic) bond motifs is 2. The van der Waals surface area contributed by atoms with Gasteiger partial charge in [-0.15, -0.1) is 0 Å². The second-order valence-electron chi connectivity index (χ2n) is 7.08. The van der Waals surface area contributed by atoms with Crippen LogP contribution < -0.4 is 20.4 Å². The Hall–Kier alpha value is -3.58. The third kappa shape index (κ3) is 3.33. The van der Waals surface area contributed by atoms with E-state index in [0.717, 1.165) is 33.8 Å². The molecule has 30 heavy (non-hydrogen) atoms. The van der Waals surface area contributed by atoms with Gasteiger partial charge in [-0.1, -0.05) is 59.9 Å². The standard InChI is InChI=1S/C23H17N3O3S/c1-14-17(12-16-9-5-6-10-19(16)29-14)13-20-22(28)26-23(30-20)24-21(27)18(25-26)11-15-7-3-2-4-8-15/h2-10,12-14H,11H2,1H3/b20-13+. The van der Waals surface area contributed by atoms with Crippen molar-refractivity contribution in [2.75, 3.05) is 0 Å². The number of hydrogen-bond donors (Lipinski definition) is 0. The van der Waals surface area contributed by atoms with Crippen molar-refractivity contribution in [2.24, 2.45) is 0 Å². The van der Waals surface area contributed by atoms with Gasteiger partial charge in [-0.25, -0.2) is 0 Å². The van der Waals surface area contributed by atoms with Gasteiger partial charge < -0.3 is 4.74 Å². The van der Waals surface area contributed by atoms with E-state index in [1.165, 1.54) is 4.52 Å². The highest BCUT2D eigenvalue weighted by atomic mass is 32.1. The van der Waals surface area contributed by atoms with Crippen LogP contribution in [0.4, 0.5) is 0 Å². The van der Waals surface area contributed by atoms with E-state index in [9.17, 15) is 9.59 Å². The lowest BCUT2D eigenvalue weighted by Crippen LogP contribution is -2.29. The van der Waals surface area contributed by atoms with Crippen molar-refractivity contribution in [3.8, 4) is 5.75 Å². The normalized spacial score (nSPS) is 16.2. The minimum atomic E-state index is -0.408. The molecule has 0 aliphatic carbocycles. The maximum absolute atomic E-state index is 12.9. The summed E-state index contributed by atoms with van der Waals surface area (Å²) in [6, 6.07) is 17.3. The molecular weight excluding hydrogens is 398 g/mol. The number of benzene rings is 2. The Morgan fingerprint density at radius 1 is 1.10 bits per heavy atom. The first-order valence-electron chi connectivity index (χ1n) is 9.54. The fourth-order valence-corrected chi connectivity index (χ4v) is 4.32. The first-order valence-corrected chi connectivity index (χ1v) is 10.4. The molecule has 1 aliphatic rings. The molecule has 1 aliphatic heterocycles. The summed E-state index contributed by atoms with van der Waals surface area (Å²) < 4.78 is 7.64. The highest BCUT2D eigenvalue weighted by Crippen LogP contribution is 2.29. The topological polar surface area (TPSA) is 73.6 Å².